The Kier molecular flexibility index (Phi) is 4.32. The lowest BCUT2D eigenvalue weighted by Gasteiger charge is -2.24. The Bertz CT molecular complexity index is 464. The van der Waals surface area contributed by atoms with Crippen molar-refractivity contribution in [1.82, 2.24) is 14.7 Å². The van der Waals surface area contributed by atoms with Gasteiger partial charge in [-0.05, 0) is 39.2 Å². The standard InChI is InChI=1S/C14H23N3O3/c1-14(2,3)20-13(19)16-6-4-12(10-16)17-9-11(5-7-18)8-15-17/h8-9,12,18H,4-7,10H2,1-3H3. The average molecular weight is 281 g/mol. The molecule has 1 amide bonds. The molecule has 1 aliphatic heterocycles. The summed E-state index contributed by atoms with van der Waals surface area (Å²) in [7, 11) is 0. The van der Waals surface area contributed by atoms with Crippen LogP contribution in [0.2, 0.25) is 0 Å². The fourth-order valence-electron chi connectivity index (χ4n) is 2.29. The molecule has 0 spiro atoms. The summed E-state index contributed by atoms with van der Waals surface area (Å²) in [4.78, 5) is 13.7. The minimum atomic E-state index is -0.463. The first kappa shape index (κ1) is 14.8. The van der Waals surface area contributed by atoms with Crippen LogP contribution in [0, 0.1) is 0 Å². The summed E-state index contributed by atoms with van der Waals surface area (Å²) in [5.74, 6) is 0. The second-order valence-corrected chi connectivity index (χ2v) is 6.17. The summed E-state index contributed by atoms with van der Waals surface area (Å²) in [5, 5.41) is 13.2. The molecule has 6 nitrogen and oxygen atoms in total. The van der Waals surface area contributed by atoms with Gasteiger partial charge in [0.1, 0.15) is 5.60 Å². The van der Waals surface area contributed by atoms with Gasteiger partial charge in [-0.3, -0.25) is 4.68 Å². The lowest BCUT2D eigenvalue weighted by Crippen LogP contribution is -2.35. The van der Waals surface area contributed by atoms with E-state index in [9.17, 15) is 4.79 Å². The van der Waals surface area contributed by atoms with Gasteiger partial charge in [0.25, 0.3) is 0 Å². The first-order valence-corrected chi connectivity index (χ1v) is 7.01. The zero-order chi connectivity index (χ0) is 14.8. The molecule has 0 bridgehead atoms. The van der Waals surface area contributed by atoms with E-state index in [1.807, 2.05) is 31.6 Å². The first-order valence-electron chi connectivity index (χ1n) is 7.01. The summed E-state index contributed by atoms with van der Waals surface area (Å²) in [6, 6.07) is 0.190. The molecule has 1 saturated heterocycles. The highest BCUT2D eigenvalue weighted by molar-refractivity contribution is 5.68. The number of hydrogen-bond donors (Lipinski definition) is 1. The molecule has 1 fully saturated rings. The Morgan fingerprint density at radius 2 is 2.30 bits per heavy atom. The van der Waals surface area contributed by atoms with Crippen molar-refractivity contribution in [3.63, 3.8) is 0 Å². The van der Waals surface area contributed by atoms with Crippen molar-refractivity contribution in [2.45, 2.75) is 45.3 Å². The van der Waals surface area contributed by atoms with Crippen LogP contribution >= 0.6 is 0 Å². The van der Waals surface area contributed by atoms with E-state index < -0.39 is 5.60 Å². The lowest BCUT2D eigenvalue weighted by atomic mass is 10.2. The molecule has 112 valence electrons. The van der Waals surface area contributed by atoms with Gasteiger partial charge in [-0.2, -0.15) is 5.10 Å². The number of nitrogens with zero attached hydrogens (tertiary/aromatic N) is 3. The maximum absolute atomic E-state index is 12.0. The van der Waals surface area contributed by atoms with Gasteiger partial charge in [0.15, 0.2) is 0 Å². The number of rotatable bonds is 3. The van der Waals surface area contributed by atoms with E-state index >= 15 is 0 Å². The predicted octanol–water partition coefficient (Wildman–Crippen LogP) is 1.60. The van der Waals surface area contributed by atoms with Crippen LogP contribution in [0.1, 0.15) is 38.8 Å². The zero-order valence-corrected chi connectivity index (χ0v) is 12.4. The van der Waals surface area contributed by atoms with E-state index in [1.54, 1.807) is 11.1 Å². The van der Waals surface area contributed by atoms with Gasteiger partial charge in [-0.1, -0.05) is 0 Å². The van der Waals surface area contributed by atoms with Gasteiger partial charge >= 0.3 is 6.09 Å². The zero-order valence-electron chi connectivity index (χ0n) is 12.4. The third-order valence-electron chi connectivity index (χ3n) is 3.24. The SMILES string of the molecule is CC(C)(C)OC(=O)N1CCC(n2cc(CCO)cn2)C1. The summed E-state index contributed by atoms with van der Waals surface area (Å²) in [5.41, 5.74) is 0.554. The maximum Gasteiger partial charge on any atom is 0.410 e. The van der Waals surface area contributed by atoms with Crippen molar-refractivity contribution in [3.8, 4) is 0 Å². The molecule has 0 aliphatic carbocycles. The largest absolute Gasteiger partial charge is 0.444 e. The molecule has 1 aromatic rings. The van der Waals surface area contributed by atoms with Crippen molar-refractivity contribution in [2.75, 3.05) is 19.7 Å². The van der Waals surface area contributed by atoms with Crippen LogP contribution in [0.4, 0.5) is 4.79 Å². The number of hydrogen-bond acceptors (Lipinski definition) is 4. The third-order valence-corrected chi connectivity index (χ3v) is 3.24. The molecule has 6 heteroatoms. The summed E-state index contributed by atoms with van der Waals surface area (Å²) >= 11 is 0. The van der Waals surface area contributed by atoms with Crippen molar-refractivity contribution >= 4 is 6.09 Å². The van der Waals surface area contributed by atoms with E-state index in [1.165, 1.54) is 0 Å². The predicted molar refractivity (Wildman–Crippen MR) is 74.5 cm³/mol. The van der Waals surface area contributed by atoms with Crippen LogP contribution in [0.5, 0.6) is 0 Å². The van der Waals surface area contributed by atoms with Crippen LogP contribution < -0.4 is 0 Å². The topological polar surface area (TPSA) is 67.6 Å². The van der Waals surface area contributed by atoms with Gasteiger partial charge in [0.05, 0.1) is 12.2 Å². The molecule has 1 aromatic heterocycles. The second-order valence-electron chi connectivity index (χ2n) is 6.17. The number of ether oxygens (including phenoxy) is 1. The normalized spacial score (nSPS) is 19.4. The fourth-order valence-corrected chi connectivity index (χ4v) is 2.29. The van der Waals surface area contributed by atoms with Crippen molar-refractivity contribution < 1.29 is 14.6 Å². The molecule has 1 N–H and O–H groups in total. The van der Waals surface area contributed by atoms with Gasteiger partial charge < -0.3 is 14.7 Å². The number of aliphatic hydroxyl groups is 1. The Morgan fingerprint density at radius 1 is 1.55 bits per heavy atom. The minimum absolute atomic E-state index is 0.125. The second kappa shape index (κ2) is 5.83. The van der Waals surface area contributed by atoms with E-state index in [0.717, 1.165) is 12.0 Å². The van der Waals surface area contributed by atoms with Crippen LogP contribution in [-0.4, -0.2) is 51.2 Å². The molecular formula is C14H23N3O3. The highest BCUT2D eigenvalue weighted by Crippen LogP contribution is 2.23. The van der Waals surface area contributed by atoms with Gasteiger partial charge in [-0.25, -0.2) is 4.79 Å². The molecule has 1 unspecified atom stereocenters. The van der Waals surface area contributed by atoms with E-state index in [4.69, 9.17) is 9.84 Å². The van der Waals surface area contributed by atoms with E-state index in [-0.39, 0.29) is 18.7 Å². The number of carbonyl (C=O) groups excluding carboxylic acids is 1. The minimum Gasteiger partial charge on any atom is -0.444 e. The Hall–Kier alpha value is -1.56. The number of likely N-dealkylation sites (tertiary alicyclic amines) is 1. The molecule has 1 atom stereocenters. The number of carbonyl (C=O) groups is 1. The Morgan fingerprint density at radius 3 is 2.95 bits per heavy atom. The van der Waals surface area contributed by atoms with E-state index in [0.29, 0.717) is 19.5 Å². The number of amides is 1. The van der Waals surface area contributed by atoms with E-state index in [2.05, 4.69) is 5.10 Å². The fraction of sp³-hybridized carbons (Fsp3) is 0.714. The molecule has 2 rings (SSSR count). The van der Waals surface area contributed by atoms with Crippen molar-refractivity contribution in [3.05, 3.63) is 18.0 Å². The lowest BCUT2D eigenvalue weighted by molar-refractivity contribution is 0.0288. The molecule has 1 aliphatic rings. The van der Waals surface area contributed by atoms with Crippen LogP contribution in [-0.2, 0) is 11.2 Å². The molecule has 0 aromatic carbocycles. The monoisotopic (exact) mass is 281 g/mol. The molecule has 0 radical (unpaired) electrons. The maximum atomic E-state index is 12.0. The average Bonchev–Trinajstić information content (AvgIpc) is 2.94. The van der Waals surface area contributed by atoms with Crippen molar-refractivity contribution in [2.24, 2.45) is 0 Å². The number of aromatic nitrogens is 2. The molecule has 20 heavy (non-hydrogen) atoms. The van der Waals surface area contributed by atoms with Gasteiger partial charge in [0, 0.05) is 25.9 Å². The first-order chi connectivity index (χ1) is 9.39. The summed E-state index contributed by atoms with van der Waals surface area (Å²) < 4.78 is 7.26. The summed E-state index contributed by atoms with van der Waals surface area (Å²) in [6.07, 6.45) is 4.94. The van der Waals surface area contributed by atoms with Crippen LogP contribution in [0.15, 0.2) is 12.4 Å². The highest BCUT2D eigenvalue weighted by atomic mass is 16.6. The van der Waals surface area contributed by atoms with Crippen LogP contribution in [0.3, 0.4) is 0 Å². The quantitative estimate of drug-likeness (QED) is 0.913. The molecular weight excluding hydrogens is 258 g/mol. The smallest absolute Gasteiger partial charge is 0.410 e. The Labute approximate surface area is 119 Å². The van der Waals surface area contributed by atoms with Crippen molar-refractivity contribution in [1.29, 1.82) is 0 Å². The van der Waals surface area contributed by atoms with Gasteiger partial charge in [-0.15, -0.1) is 0 Å². The number of aliphatic hydroxyl groups excluding tert-OH is 1. The van der Waals surface area contributed by atoms with Crippen LogP contribution in [0.25, 0.3) is 0 Å². The summed E-state index contributed by atoms with van der Waals surface area (Å²) in [6.45, 7) is 7.04. The van der Waals surface area contributed by atoms with Gasteiger partial charge in [0.2, 0.25) is 0 Å². The molecule has 0 saturated carbocycles. The third kappa shape index (κ3) is 3.72. The highest BCUT2D eigenvalue weighted by Gasteiger charge is 2.30. The Balaban J connectivity index is 1.92. The molecule has 2 heterocycles.